The summed E-state index contributed by atoms with van der Waals surface area (Å²) in [5.41, 5.74) is 4.62. The molecule has 0 radical (unpaired) electrons. The van der Waals surface area contributed by atoms with Gasteiger partial charge in [-0.1, -0.05) is 26.0 Å². The van der Waals surface area contributed by atoms with E-state index in [-0.39, 0.29) is 24.8 Å². The van der Waals surface area contributed by atoms with Gasteiger partial charge in [0.2, 0.25) is 5.91 Å². The van der Waals surface area contributed by atoms with E-state index in [0.717, 1.165) is 33.5 Å². The first-order valence-corrected chi connectivity index (χ1v) is 10.0. The molecular weight excluding hydrogens is 368 g/mol. The number of fused-ring (bicyclic) bond motifs is 3. The Morgan fingerprint density at radius 1 is 1.17 bits per heavy atom. The second-order valence-electron chi connectivity index (χ2n) is 7.89. The minimum absolute atomic E-state index is 0.0236. The standard InChI is InChI=1S/C22H28N4O3/c1-14(2)13-25(12-11-21(28)29)20(27)10-9-17-15(3)23-22-18-7-5-6-8-19(18)24-26(22)16(17)4/h5-8,14H,9-13H2,1-4H3,(H,28,29). The van der Waals surface area contributed by atoms with Crippen LogP contribution >= 0.6 is 0 Å². The van der Waals surface area contributed by atoms with Crippen molar-refractivity contribution in [3.05, 3.63) is 41.2 Å². The summed E-state index contributed by atoms with van der Waals surface area (Å²) < 4.78 is 1.85. The van der Waals surface area contributed by atoms with Gasteiger partial charge in [0.25, 0.3) is 0 Å². The first kappa shape index (κ1) is 20.8. The molecule has 2 aromatic heterocycles. The van der Waals surface area contributed by atoms with Crippen molar-refractivity contribution in [2.75, 3.05) is 13.1 Å². The number of rotatable bonds is 8. The lowest BCUT2D eigenvalue weighted by molar-refractivity contribution is -0.138. The maximum absolute atomic E-state index is 12.8. The zero-order chi connectivity index (χ0) is 21.1. The summed E-state index contributed by atoms with van der Waals surface area (Å²) in [6.45, 7) is 8.82. The van der Waals surface area contributed by atoms with E-state index in [2.05, 4.69) is 5.10 Å². The Kier molecular flexibility index (Phi) is 6.15. The van der Waals surface area contributed by atoms with Crippen molar-refractivity contribution >= 4 is 28.4 Å². The van der Waals surface area contributed by atoms with Crippen LogP contribution in [0.5, 0.6) is 0 Å². The largest absolute Gasteiger partial charge is 0.481 e. The van der Waals surface area contributed by atoms with Gasteiger partial charge in [-0.25, -0.2) is 9.50 Å². The number of benzene rings is 1. The summed E-state index contributed by atoms with van der Waals surface area (Å²) >= 11 is 0. The minimum atomic E-state index is -0.890. The molecule has 154 valence electrons. The molecule has 0 saturated carbocycles. The molecule has 0 unspecified atom stereocenters. The molecule has 1 aromatic carbocycles. The number of aryl methyl sites for hydroxylation is 2. The van der Waals surface area contributed by atoms with E-state index < -0.39 is 5.97 Å². The van der Waals surface area contributed by atoms with Crippen LogP contribution in [-0.2, 0) is 16.0 Å². The second kappa shape index (κ2) is 8.59. The molecule has 0 bridgehead atoms. The number of hydrogen-bond donors (Lipinski definition) is 1. The monoisotopic (exact) mass is 396 g/mol. The molecule has 3 rings (SSSR count). The fourth-order valence-electron chi connectivity index (χ4n) is 3.72. The van der Waals surface area contributed by atoms with Crippen LogP contribution in [0.2, 0.25) is 0 Å². The molecule has 7 nitrogen and oxygen atoms in total. The normalized spacial score (nSPS) is 11.5. The lowest BCUT2D eigenvalue weighted by atomic mass is 10.1. The van der Waals surface area contributed by atoms with Crippen LogP contribution < -0.4 is 0 Å². The Labute approximate surface area is 170 Å². The van der Waals surface area contributed by atoms with Crippen molar-refractivity contribution < 1.29 is 14.7 Å². The number of carbonyl (C=O) groups excluding carboxylic acids is 1. The summed E-state index contributed by atoms with van der Waals surface area (Å²) in [6.07, 6.45) is 0.837. The number of carboxylic acids is 1. The van der Waals surface area contributed by atoms with Gasteiger partial charge in [0.05, 0.1) is 11.9 Å². The van der Waals surface area contributed by atoms with Crippen LogP contribution in [0, 0.1) is 19.8 Å². The van der Waals surface area contributed by atoms with Crippen molar-refractivity contribution in [2.24, 2.45) is 5.92 Å². The average molecular weight is 396 g/mol. The maximum Gasteiger partial charge on any atom is 0.305 e. The lowest BCUT2D eigenvalue weighted by Gasteiger charge is -2.24. The molecule has 1 N–H and O–H groups in total. The molecule has 3 aromatic rings. The summed E-state index contributed by atoms with van der Waals surface area (Å²) in [4.78, 5) is 30.1. The number of carboxylic acid groups (broad SMARTS) is 1. The minimum Gasteiger partial charge on any atom is -0.481 e. The maximum atomic E-state index is 12.8. The number of aromatic nitrogens is 3. The van der Waals surface area contributed by atoms with Gasteiger partial charge in [0, 0.05) is 36.3 Å². The summed E-state index contributed by atoms with van der Waals surface area (Å²) in [6, 6.07) is 7.91. The van der Waals surface area contributed by atoms with E-state index in [9.17, 15) is 9.59 Å². The average Bonchev–Trinajstić information content (AvgIpc) is 3.03. The van der Waals surface area contributed by atoms with Gasteiger partial charge in [-0.3, -0.25) is 9.59 Å². The molecule has 0 aliphatic carbocycles. The van der Waals surface area contributed by atoms with E-state index in [1.54, 1.807) is 4.90 Å². The number of nitrogens with zero attached hydrogens (tertiary/aromatic N) is 4. The molecule has 0 aliphatic heterocycles. The predicted octanol–water partition coefficient (Wildman–Crippen LogP) is 3.39. The van der Waals surface area contributed by atoms with Crippen molar-refractivity contribution in [1.82, 2.24) is 19.5 Å². The highest BCUT2D eigenvalue weighted by Crippen LogP contribution is 2.23. The number of carbonyl (C=O) groups is 2. The third-order valence-corrected chi connectivity index (χ3v) is 5.14. The summed E-state index contributed by atoms with van der Waals surface area (Å²) in [5.74, 6) is -0.631. The molecule has 2 heterocycles. The first-order valence-electron chi connectivity index (χ1n) is 10.0. The van der Waals surface area contributed by atoms with Gasteiger partial charge >= 0.3 is 5.97 Å². The van der Waals surface area contributed by atoms with Crippen molar-refractivity contribution in [2.45, 2.75) is 47.0 Å². The van der Waals surface area contributed by atoms with E-state index in [4.69, 9.17) is 10.1 Å². The molecule has 7 heteroatoms. The summed E-state index contributed by atoms with van der Waals surface area (Å²) in [5, 5.41) is 14.6. The molecule has 29 heavy (non-hydrogen) atoms. The second-order valence-corrected chi connectivity index (χ2v) is 7.89. The SMILES string of the molecule is Cc1nc2c3ccccc3nn2c(C)c1CCC(=O)N(CCC(=O)O)CC(C)C. The summed E-state index contributed by atoms with van der Waals surface area (Å²) in [7, 11) is 0. The Morgan fingerprint density at radius 2 is 1.90 bits per heavy atom. The van der Waals surface area contributed by atoms with E-state index in [1.807, 2.05) is 56.5 Å². The highest BCUT2D eigenvalue weighted by molar-refractivity contribution is 5.92. The van der Waals surface area contributed by atoms with Crippen LogP contribution in [0.25, 0.3) is 16.6 Å². The van der Waals surface area contributed by atoms with Crippen molar-refractivity contribution in [3.63, 3.8) is 0 Å². The highest BCUT2D eigenvalue weighted by atomic mass is 16.4. The van der Waals surface area contributed by atoms with E-state index in [0.29, 0.717) is 19.4 Å². The Hall–Kier alpha value is -2.96. The van der Waals surface area contributed by atoms with Crippen molar-refractivity contribution in [1.29, 1.82) is 0 Å². The van der Waals surface area contributed by atoms with Gasteiger partial charge in [-0.05, 0) is 43.9 Å². The van der Waals surface area contributed by atoms with Crippen LogP contribution in [0.1, 0.15) is 43.6 Å². The fraction of sp³-hybridized carbons (Fsp3) is 0.455. The third kappa shape index (κ3) is 4.55. The quantitative estimate of drug-likeness (QED) is 0.631. The zero-order valence-electron chi connectivity index (χ0n) is 17.5. The molecule has 0 spiro atoms. The molecular formula is C22H28N4O3. The van der Waals surface area contributed by atoms with Gasteiger partial charge in [-0.2, -0.15) is 5.10 Å². The topological polar surface area (TPSA) is 87.8 Å². The van der Waals surface area contributed by atoms with Crippen LogP contribution in [0.4, 0.5) is 0 Å². The van der Waals surface area contributed by atoms with Crippen LogP contribution in [-0.4, -0.2) is 49.6 Å². The smallest absolute Gasteiger partial charge is 0.305 e. The third-order valence-electron chi connectivity index (χ3n) is 5.14. The van der Waals surface area contributed by atoms with E-state index >= 15 is 0 Å². The lowest BCUT2D eigenvalue weighted by Crippen LogP contribution is -2.36. The molecule has 0 saturated heterocycles. The zero-order valence-corrected chi connectivity index (χ0v) is 17.5. The fourth-order valence-corrected chi connectivity index (χ4v) is 3.72. The Morgan fingerprint density at radius 3 is 2.59 bits per heavy atom. The van der Waals surface area contributed by atoms with Gasteiger partial charge in [0.15, 0.2) is 5.65 Å². The molecule has 0 fully saturated rings. The first-order chi connectivity index (χ1) is 13.8. The van der Waals surface area contributed by atoms with Gasteiger partial charge < -0.3 is 10.0 Å². The van der Waals surface area contributed by atoms with Crippen molar-refractivity contribution in [3.8, 4) is 0 Å². The van der Waals surface area contributed by atoms with Crippen LogP contribution in [0.3, 0.4) is 0 Å². The Bertz CT molecular complexity index is 1060. The van der Waals surface area contributed by atoms with Gasteiger partial charge in [0.1, 0.15) is 0 Å². The molecule has 0 atom stereocenters. The number of amides is 1. The Balaban J connectivity index is 1.82. The molecule has 0 aliphatic rings. The highest BCUT2D eigenvalue weighted by Gasteiger charge is 2.19. The van der Waals surface area contributed by atoms with Crippen LogP contribution in [0.15, 0.2) is 24.3 Å². The number of hydrogen-bond acceptors (Lipinski definition) is 4. The van der Waals surface area contributed by atoms with Gasteiger partial charge in [-0.15, -0.1) is 0 Å². The molecule has 1 amide bonds. The van der Waals surface area contributed by atoms with E-state index in [1.165, 1.54) is 0 Å². The number of aliphatic carboxylic acids is 1. The predicted molar refractivity (Wildman–Crippen MR) is 112 cm³/mol.